The predicted molar refractivity (Wildman–Crippen MR) is 253 cm³/mol. The number of aromatic nitrogens is 4. The van der Waals surface area contributed by atoms with Crippen molar-refractivity contribution in [2.75, 3.05) is 0 Å². The first-order valence-corrected chi connectivity index (χ1v) is 21.1. The molecule has 290 valence electrons. The molecular formula is C58H38N4. The summed E-state index contributed by atoms with van der Waals surface area (Å²) in [6.45, 7) is 0. The lowest BCUT2D eigenvalue weighted by atomic mass is 9.67. The Morgan fingerprint density at radius 2 is 0.774 bits per heavy atom. The minimum Gasteiger partial charge on any atom is -0.309 e. The third kappa shape index (κ3) is 5.65. The average molecular weight is 791 g/mol. The Bertz CT molecular complexity index is 3350. The van der Waals surface area contributed by atoms with E-state index in [1.165, 1.54) is 49.7 Å². The van der Waals surface area contributed by atoms with Crippen LogP contribution in [0.25, 0.3) is 83.9 Å². The van der Waals surface area contributed by atoms with Gasteiger partial charge in [0.2, 0.25) is 0 Å². The Hall–Kier alpha value is -8.21. The third-order valence-electron chi connectivity index (χ3n) is 12.5. The molecule has 2 heterocycles. The minimum absolute atomic E-state index is 0.534. The number of hydrogen-bond donors (Lipinski definition) is 0. The highest BCUT2D eigenvalue weighted by Gasteiger charge is 2.46. The van der Waals surface area contributed by atoms with E-state index >= 15 is 0 Å². The highest BCUT2D eigenvalue weighted by Crippen LogP contribution is 2.56. The normalized spacial score (nSPS) is 12.6. The summed E-state index contributed by atoms with van der Waals surface area (Å²) >= 11 is 0. The van der Waals surface area contributed by atoms with E-state index in [2.05, 4.69) is 174 Å². The maximum absolute atomic E-state index is 5.12. The van der Waals surface area contributed by atoms with Crippen LogP contribution >= 0.6 is 0 Å². The summed E-state index contributed by atoms with van der Waals surface area (Å²) in [6.07, 6.45) is 0. The van der Waals surface area contributed by atoms with Gasteiger partial charge in [0.15, 0.2) is 17.5 Å². The largest absolute Gasteiger partial charge is 0.309 e. The fourth-order valence-corrected chi connectivity index (χ4v) is 9.77. The number of nitrogens with zero attached hydrogens (tertiary/aromatic N) is 4. The van der Waals surface area contributed by atoms with Crippen molar-refractivity contribution in [3.8, 4) is 62.1 Å². The fraction of sp³-hybridized carbons (Fsp3) is 0.0172. The highest BCUT2D eigenvalue weighted by atomic mass is 15.0. The third-order valence-corrected chi connectivity index (χ3v) is 12.5. The van der Waals surface area contributed by atoms with Crippen LogP contribution in [0.4, 0.5) is 0 Å². The molecule has 0 amide bonds. The van der Waals surface area contributed by atoms with Gasteiger partial charge in [-0.05, 0) is 68.8 Å². The van der Waals surface area contributed by atoms with Gasteiger partial charge in [-0.1, -0.05) is 206 Å². The Balaban J connectivity index is 1.13. The van der Waals surface area contributed by atoms with Crippen molar-refractivity contribution in [3.05, 3.63) is 253 Å². The monoisotopic (exact) mass is 790 g/mol. The van der Waals surface area contributed by atoms with Gasteiger partial charge in [-0.3, -0.25) is 0 Å². The lowest BCUT2D eigenvalue weighted by Crippen LogP contribution is -2.28. The molecule has 0 fully saturated rings. The summed E-state index contributed by atoms with van der Waals surface area (Å²) < 4.78 is 2.44. The van der Waals surface area contributed by atoms with Gasteiger partial charge in [-0.15, -0.1) is 0 Å². The van der Waals surface area contributed by atoms with Crippen LogP contribution in [0.3, 0.4) is 0 Å². The van der Waals surface area contributed by atoms with Gasteiger partial charge in [-0.2, -0.15) is 0 Å². The first kappa shape index (κ1) is 35.7. The summed E-state index contributed by atoms with van der Waals surface area (Å²) in [6, 6.07) is 82.5. The van der Waals surface area contributed by atoms with Crippen molar-refractivity contribution < 1.29 is 0 Å². The predicted octanol–water partition coefficient (Wildman–Crippen LogP) is 14.0. The maximum atomic E-state index is 5.12. The van der Waals surface area contributed by atoms with Gasteiger partial charge in [-0.25, -0.2) is 15.0 Å². The zero-order chi connectivity index (χ0) is 41.0. The lowest BCUT2D eigenvalue weighted by Gasteiger charge is -2.34. The van der Waals surface area contributed by atoms with Gasteiger partial charge in [0.25, 0.3) is 0 Å². The molecule has 0 saturated carbocycles. The molecule has 11 aromatic rings. The molecule has 0 unspecified atom stereocenters. The van der Waals surface area contributed by atoms with E-state index in [1.807, 2.05) is 60.7 Å². The Morgan fingerprint density at radius 3 is 1.37 bits per heavy atom. The number of fused-ring (bicyclic) bond motifs is 6. The SMILES string of the molecule is c1ccc(-c2ccc3c4ccc(C5(c6ccccc6)c6ccccc6-c6ccccc65)cc4n(-c4cccc(-c5nc(-c6ccccc6)nc(-c6ccccc6)n5)c4)c3c2)cc1. The fourth-order valence-electron chi connectivity index (χ4n) is 9.77. The van der Waals surface area contributed by atoms with Crippen molar-refractivity contribution in [1.29, 1.82) is 0 Å². The maximum Gasteiger partial charge on any atom is 0.164 e. The summed E-state index contributed by atoms with van der Waals surface area (Å²) in [5.74, 6) is 1.89. The summed E-state index contributed by atoms with van der Waals surface area (Å²) in [5, 5.41) is 2.38. The van der Waals surface area contributed by atoms with Gasteiger partial charge in [0, 0.05) is 33.2 Å². The molecule has 4 nitrogen and oxygen atoms in total. The van der Waals surface area contributed by atoms with Crippen molar-refractivity contribution in [2.45, 2.75) is 5.41 Å². The first-order chi connectivity index (χ1) is 30.7. The van der Waals surface area contributed by atoms with Crippen LogP contribution < -0.4 is 0 Å². The average Bonchev–Trinajstić information content (AvgIpc) is 3.85. The van der Waals surface area contributed by atoms with Gasteiger partial charge >= 0.3 is 0 Å². The zero-order valence-corrected chi connectivity index (χ0v) is 33.7. The molecule has 12 rings (SSSR count). The van der Waals surface area contributed by atoms with Crippen LogP contribution in [0.15, 0.2) is 231 Å². The van der Waals surface area contributed by atoms with E-state index in [1.54, 1.807) is 0 Å². The highest BCUT2D eigenvalue weighted by molar-refractivity contribution is 6.11. The van der Waals surface area contributed by atoms with E-state index in [9.17, 15) is 0 Å². The second kappa shape index (κ2) is 14.5. The van der Waals surface area contributed by atoms with Crippen molar-refractivity contribution in [2.24, 2.45) is 0 Å². The molecule has 0 radical (unpaired) electrons. The molecule has 1 aliphatic carbocycles. The molecule has 0 spiro atoms. The van der Waals surface area contributed by atoms with Crippen LogP contribution in [0.1, 0.15) is 22.3 Å². The van der Waals surface area contributed by atoms with Crippen LogP contribution in [0.5, 0.6) is 0 Å². The van der Waals surface area contributed by atoms with E-state index in [4.69, 9.17) is 15.0 Å². The van der Waals surface area contributed by atoms with Crippen LogP contribution in [-0.2, 0) is 5.41 Å². The molecule has 0 bridgehead atoms. The molecule has 0 aliphatic heterocycles. The quantitative estimate of drug-likeness (QED) is 0.161. The van der Waals surface area contributed by atoms with E-state index in [0.717, 1.165) is 39.0 Å². The number of benzene rings is 9. The standard InChI is InChI=1S/C58H38N4/c1-5-18-39(19-6-1)42-32-34-49-50-35-33-45(58(44-25-11-4-12-26-44)51-30-15-13-28-47(51)48-29-14-16-31-52(48)58)38-54(50)62(53(49)37-42)46-27-17-24-43(36-46)57-60-55(40-20-7-2-8-21-40)59-56(61-57)41-22-9-3-10-23-41/h1-38H. The molecule has 1 aliphatic rings. The molecule has 4 heteroatoms. The second-order valence-corrected chi connectivity index (χ2v) is 16.0. The Kier molecular flexibility index (Phi) is 8.36. The van der Waals surface area contributed by atoms with Gasteiger partial charge < -0.3 is 4.57 Å². The molecule has 0 N–H and O–H groups in total. The summed E-state index contributed by atoms with van der Waals surface area (Å²) in [7, 11) is 0. The van der Waals surface area contributed by atoms with Gasteiger partial charge in [0.1, 0.15) is 0 Å². The van der Waals surface area contributed by atoms with Gasteiger partial charge in [0.05, 0.1) is 16.4 Å². The second-order valence-electron chi connectivity index (χ2n) is 16.0. The molecular weight excluding hydrogens is 753 g/mol. The smallest absolute Gasteiger partial charge is 0.164 e. The van der Waals surface area contributed by atoms with Crippen LogP contribution in [0, 0.1) is 0 Å². The molecule has 9 aromatic carbocycles. The molecule has 0 atom stereocenters. The Morgan fingerprint density at radius 1 is 0.306 bits per heavy atom. The summed E-state index contributed by atoms with van der Waals surface area (Å²) in [4.78, 5) is 15.2. The first-order valence-electron chi connectivity index (χ1n) is 21.1. The molecule has 2 aromatic heterocycles. The Labute approximate surface area is 360 Å². The van der Waals surface area contributed by atoms with Crippen molar-refractivity contribution >= 4 is 21.8 Å². The number of rotatable bonds is 7. The van der Waals surface area contributed by atoms with Crippen LogP contribution in [-0.4, -0.2) is 19.5 Å². The molecule has 0 saturated heterocycles. The van der Waals surface area contributed by atoms with E-state index in [-0.39, 0.29) is 0 Å². The lowest BCUT2D eigenvalue weighted by molar-refractivity contribution is 0.769. The van der Waals surface area contributed by atoms with Crippen molar-refractivity contribution in [1.82, 2.24) is 19.5 Å². The summed E-state index contributed by atoms with van der Waals surface area (Å²) in [5.41, 5.74) is 15.5. The zero-order valence-electron chi connectivity index (χ0n) is 33.7. The van der Waals surface area contributed by atoms with Crippen LogP contribution in [0.2, 0.25) is 0 Å². The topological polar surface area (TPSA) is 43.6 Å². The van der Waals surface area contributed by atoms with E-state index < -0.39 is 5.41 Å². The minimum atomic E-state index is -0.534. The van der Waals surface area contributed by atoms with E-state index in [0.29, 0.717) is 17.5 Å². The number of hydrogen-bond acceptors (Lipinski definition) is 3. The van der Waals surface area contributed by atoms with Crippen molar-refractivity contribution in [3.63, 3.8) is 0 Å². The molecule has 62 heavy (non-hydrogen) atoms.